The number of rotatable bonds is 6. The van der Waals surface area contributed by atoms with Crippen LogP contribution in [0, 0.1) is 0 Å². The first kappa shape index (κ1) is 15.7. The number of ether oxygens (including phenoxy) is 1. The van der Waals surface area contributed by atoms with Crippen molar-refractivity contribution in [3.05, 3.63) is 66.0 Å². The van der Waals surface area contributed by atoms with E-state index >= 15 is 0 Å². The number of amides is 1. The normalized spacial score (nSPS) is 11.5. The average molecular weight is 298 g/mol. The number of pyridine rings is 1. The SMILES string of the molecule is C[C@H](NC(=O)OCc1ccccc1)C(=O)Cc1ccncc1. The number of nitrogens with one attached hydrogen (secondary N) is 1. The van der Waals surface area contributed by atoms with Crippen LogP contribution in [0.1, 0.15) is 18.1 Å². The third-order valence-electron chi connectivity index (χ3n) is 3.16. The highest BCUT2D eigenvalue weighted by molar-refractivity contribution is 5.88. The smallest absolute Gasteiger partial charge is 0.408 e. The Morgan fingerprint density at radius 2 is 1.77 bits per heavy atom. The van der Waals surface area contributed by atoms with Crippen LogP contribution in [0.4, 0.5) is 4.79 Å². The van der Waals surface area contributed by atoms with E-state index in [2.05, 4.69) is 10.3 Å². The lowest BCUT2D eigenvalue weighted by Gasteiger charge is -2.13. The fourth-order valence-electron chi connectivity index (χ4n) is 1.88. The molecule has 0 bridgehead atoms. The number of carbonyl (C=O) groups excluding carboxylic acids is 2. The number of alkyl carbamates (subject to hydrolysis) is 1. The summed E-state index contributed by atoms with van der Waals surface area (Å²) in [6, 6.07) is 12.3. The predicted octanol–water partition coefficient (Wildman–Crippen LogP) is 2.51. The van der Waals surface area contributed by atoms with Crippen LogP contribution in [-0.4, -0.2) is 22.9 Å². The molecule has 1 heterocycles. The maximum atomic E-state index is 12.0. The first-order valence-corrected chi connectivity index (χ1v) is 7.04. The van der Waals surface area contributed by atoms with Crippen molar-refractivity contribution in [2.24, 2.45) is 0 Å². The van der Waals surface area contributed by atoms with Gasteiger partial charge in [-0.1, -0.05) is 30.3 Å². The van der Waals surface area contributed by atoms with Crippen molar-refractivity contribution in [1.82, 2.24) is 10.3 Å². The van der Waals surface area contributed by atoms with Crippen molar-refractivity contribution in [3.63, 3.8) is 0 Å². The number of nitrogens with zero attached hydrogens (tertiary/aromatic N) is 1. The van der Waals surface area contributed by atoms with Gasteiger partial charge in [-0.15, -0.1) is 0 Å². The lowest BCUT2D eigenvalue weighted by molar-refractivity contribution is -0.120. The maximum absolute atomic E-state index is 12.0. The molecule has 0 unspecified atom stereocenters. The molecule has 1 atom stereocenters. The second-order valence-electron chi connectivity index (χ2n) is 4.93. The molecule has 1 N–H and O–H groups in total. The summed E-state index contributed by atoms with van der Waals surface area (Å²) in [5.74, 6) is -0.0807. The summed E-state index contributed by atoms with van der Waals surface area (Å²) in [6.45, 7) is 1.82. The van der Waals surface area contributed by atoms with E-state index in [1.165, 1.54) is 0 Å². The Morgan fingerprint density at radius 3 is 2.45 bits per heavy atom. The number of carbonyl (C=O) groups is 2. The third kappa shape index (κ3) is 5.01. The van der Waals surface area contributed by atoms with Gasteiger partial charge in [0.25, 0.3) is 0 Å². The molecule has 0 spiro atoms. The zero-order valence-corrected chi connectivity index (χ0v) is 12.4. The second-order valence-corrected chi connectivity index (χ2v) is 4.93. The fourth-order valence-corrected chi connectivity index (χ4v) is 1.88. The van der Waals surface area contributed by atoms with Crippen LogP contribution >= 0.6 is 0 Å². The summed E-state index contributed by atoms with van der Waals surface area (Å²) in [5, 5.41) is 2.54. The number of Topliss-reactive ketones (excluding diaryl/α,β-unsaturated/α-hetero) is 1. The highest BCUT2D eigenvalue weighted by Crippen LogP contribution is 2.03. The zero-order valence-electron chi connectivity index (χ0n) is 12.4. The Kier molecular flexibility index (Phi) is 5.65. The van der Waals surface area contributed by atoms with Gasteiger partial charge in [0, 0.05) is 18.8 Å². The van der Waals surface area contributed by atoms with E-state index in [1.54, 1.807) is 31.5 Å². The van der Waals surface area contributed by atoms with E-state index in [0.717, 1.165) is 11.1 Å². The van der Waals surface area contributed by atoms with Gasteiger partial charge < -0.3 is 10.1 Å². The van der Waals surface area contributed by atoms with Gasteiger partial charge in [0.1, 0.15) is 6.61 Å². The quantitative estimate of drug-likeness (QED) is 0.889. The Hall–Kier alpha value is -2.69. The molecule has 0 aliphatic carbocycles. The highest BCUT2D eigenvalue weighted by atomic mass is 16.5. The molecule has 1 aromatic heterocycles. The van der Waals surface area contributed by atoms with Crippen molar-refractivity contribution in [3.8, 4) is 0 Å². The number of hydrogen-bond donors (Lipinski definition) is 1. The van der Waals surface area contributed by atoms with Crippen LogP contribution in [0.5, 0.6) is 0 Å². The van der Waals surface area contributed by atoms with E-state index in [-0.39, 0.29) is 18.8 Å². The molecule has 114 valence electrons. The zero-order chi connectivity index (χ0) is 15.8. The summed E-state index contributed by atoms with van der Waals surface area (Å²) < 4.78 is 5.09. The summed E-state index contributed by atoms with van der Waals surface area (Å²) in [4.78, 5) is 27.6. The maximum Gasteiger partial charge on any atom is 0.408 e. The Morgan fingerprint density at radius 1 is 1.09 bits per heavy atom. The Labute approximate surface area is 129 Å². The summed E-state index contributed by atoms with van der Waals surface area (Å²) in [5.41, 5.74) is 1.76. The second kappa shape index (κ2) is 7.93. The minimum atomic E-state index is -0.601. The minimum Gasteiger partial charge on any atom is -0.445 e. The molecule has 0 aliphatic heterocycles. The van der Waals surface area contributed by atoms with Crippen LogP contribution < -0.4 is 5.32 Å². The van der Waals surface area contributed by atoms with Crippen molar-refractivity contribution < 1.29 is 14.3 Å². The van der Waals surface area contributed by atoms with E-state index in [9.17, 15) is 9.59 Å². The molecule has 2 rings (SSSR count). The largest absolute Gasteiger partial charge is 0.445 e. The van der Waals surface area contributed by atoms with Crippen LogP contribution in [0.2, 0.25) is 0 Å². The lowest BCUT2D eigenvalue weighted by Crippen LogP contribution is -2.39. The molecule has 0 saturated heterocycles. The number of ketones is 1. The number of aromatic nitrogens is 1. The molecule has 1 aromatic carbocycles. The summed E-state index contributed by atoms with van der Waals surface area (Å²) in [7, 11) is 0. The van der Waals surface area contributed by atoms with Gasteiger partial charge in [-0.2, -0.15) is 0 Å². The molecule has 0 saturated carbocycles. The monoisotopic (exact) mass is 298 g/mol. The molecule has 0 radical (unpaired) electrons. The Balaban J connectivity index is 1.77. The molecule has 1 amide bonds. The van der Waals surface area contributed by atoms with Crippen LogP contribution in [-0.2, 0) is 22.6 Å². The molecule has 0 fully saturated rings. The topological polar surface area (TPSA) is 68.3 Å². The third-order valence-corrected chi connectivity index (χ3v) is 3.16. The van der Waals surface area contributed by atoms with Crippen LogP contribution in [0.25, 0.3) is 0 Å². The van der Waals surface area contributed by atoms with Gasteiger partial charge in [0.15, 0.2) is 5.78 Å². The van der Waals surface area contributed by atoms with Crippen molar-refractivity contribution in [2.75, 3.05) is 0 Å². The van der Waals surface area contributed by atoms with Crippen LogP contribution in [0.3, 0.4) is 0 Å². The van der Waals surface area contributed by atoms with E-state index in [0.29, 0.717) is 0 Å². The number of benzene rings is 1. The number of hydrogen-bond acceptors (Lipinski definition) is 4. The fraction of sp³-hybridized carbons (Fsp3) is 0.235. The van der Waals surface area contributed by atoms with E-state index < -0.39 is 12.1 Å². The minimum absolute atomic E-state index is 0.0807. The molecule has 2 aromatic rings. The van der Waals surface area contributed by atoms with Crippen molar-refractivity contribution in [2.45, 2.75) is 26.0 Å². The van der Waals surface area contributed by atoms with E-state index in [4.69, 9.17) is 4.74 Å². The van der Waals surface area contributed by atoms with Crippen LogP contribution in [0.15, 0.2) is 54.9 Å². The molecular formula is C17H18N2O3. The average Bonchev–Trinajstić information content (AvgIpc) is 2.55. The summed E-state index contributed by atoms with van der Waals surface area (Å²) in [6.07, 6.45) is 2.92. The summed E-state index contributed by atoms with van der Waals surface area (Å²) >= 11 is 0. The standard InChI is InChI=1S/C17H18N2O3/c1-13(16(20)11-14-7-9-18-10-8-14)19-17(21)22-12-15-5-3-2-4-6-15/h2-10,13H,11-12H2,1H3,(H,19,21)/t13-/m0/s1. The van der Waals surface area contributed by atoms with Gasteiger partial charge in [0.05, 0.1) is 6.04 Å². The van der Waals surface area contributed by atoms with Crippen molar-refractivity contribution in [1.29, 1.82) is 0 Å². The van der Waals surface area contributed by atoms with Crippen molar-refractivity contribution >= 4 is 11.9 Å². The molecule has 5 heteroatoms. The van der Waals surface area contributed by atoms with Gasteiger partial charge in [-0.25, -0.2) is 4.79 Å². The molecule has 5 nitrogen and oxygen atoms in total. The first-order valence-electron chi connectivity index (χ1n) is 7.04. The van der Waals surface area contributed by atoms with Gasteiger partial charge in [0.2, 0.25) is 0 Å². The van der Waals surface area contributed by atoms with Gasteiger partial charge in [-0.3, -0.25) is 9.78 Å². The highest BCUT2D eigenvalue weighted by Gasteiger charge is 2.16. The van der Waals surface area contributed by atoms with Gasteiger partial charge >= 0.3 is 6.09 Å². The first-order chi connectivity index (χ1) is 10.6. The van der Waals surface area contributed by atoms with Gasteiger partial charge in [-0.05, 0) is 30.2 Å². The molecule has 22 heavy (non-hydrogen) atoms. The van der Waals surface area contributed by atoms with E-state index in [1.807, 2.05) is 30.3 Å². The predicted molar refractivity (Wildman–Crippen MR) is 82.2 cm³/mol. The lowest BCUT2D eigenvalue weighted by atomic mass is 10.1. The molecule has 0 aliphatic rings. The molecular weight excluding hydrogens is 280 g/mol. The Bertz CT molecular complexity index is 614.